The van der Waals surface area contributed by atoms with Crippen LogP contribution in [0.1, 0.15) is 43.0 Å². The number of hydrogen-bond donors (Lipinski definition) is 2. The van der Waals surface area contributed by atoms with Crippen LogP contribution in [0.25, 0.3) is 0 Å². The van der Waals surface area contributed by atoms with Gasteiger partial charge in [0, 0.05) is 11.4 Å². The molecular weight excluding hydrogens is 290 g/mol. The van der Waals surface area contributed by atoms with Crippen LogP contribution in [0.3, 0.4) is 0 Å². The van der Waals surface area contributed by atoms with E-state index >= 15 is 0 Å². The van der Waals surface area contributed by atoms with E-state index < -0.39 is 0 Å². The van der Waals surface area contributed by atoms with Crippen molar-refractivity contribution in [3.8, 4) is 0 Å². The molecule has 0 spiro atoms. The highest BCUT2D eigenvalue weighted by molar-refractivity contribution is 7.80. The molecule has 1 heterocycles. The van der Waals surface area contributed by atoms with Gasteiger partial charge in [0.15, 0.2) is 5.11 Å². The van der Waals surface area contributed by atoms with Crippen molar-refractivity contribution in [2.45, 2.75) is 40.0 Å². The van der Waals surface area contributed by atoms with Gasteiger partial charge in [-0.05, 0) is 73.8 Å². The van der Waals surface area contributed by atoms with Crippen LogP contribution in [-0.2, 0) is 0 Å². The molecular formula is C18H23N3S. The zero-order valence-electron chi connectivity index (χ0n) is 13.6. The maximum absolute atomic E-state index is 5.35. The van der Waals surface area contributed by atoms with E-state index in [2.05, 4.69) is 53.7 Å². The predicted octanol–water partition coefficient (Wildman–Crippen LogP) is 5.02. The van der Waals surface area contributed by atoms with Gasteiger partial charge in [-0.2, -0.15) is 0 Å². The van der Waals surface area contributed by atoms with Crippen LogP contribution >= 0.6 is 12.2 Å². The minimum absolute atomic E-state index is 0.550. The Morgan fingerprint density at radius 1 is 1.14 bits per heavy atom. The van der Waals surface area contributed by atoms with Crippen LogP contribution in [0.2, 0.25) is 0 Å². The molecule has 2 rings (SSSR count). The standard InChI is InChI=1S/C18H23N3S/c1-5-13(3)15-6-8-16(9-7-15)20-18(22)21-17-11-12(2)10-14(4)19-17/h6-11,13H,5H2,1-4H3,(H2,19,20,21,22). The lowest BCUT2D eigenvalue weighted by molar-refractivity contribution is 0.734. The summed E-state index contributed by atoms with van der Waals surface area (Å²) in [7, 11) is 0. The largest absolute Gasteiger partial charge is 0.332 e. The summed E-state index contributed by atoms with van der Waals surface area (Å²) in [6.45, 7) is 8.46. The summed E-state index contributed by atoms with van der Waals surface area (Å²) in [5, 5.41) is 6.87. The fraction of sp³-hybridized carbons (Fsp3) is 0.333. The first kappa shape index (κ1) is 16.4. The summed E-state index contributed by atoms with van der Waals surface area (Å²) in [5.74, 6) is 1.35. The normalized spacial score (nSPS) is 11.8. The Balaban J connectivity index is 1.99. The van der Waals surface area contributed by atoms with E-state index in [1.165, 1.54) is 5.56 Å². The number of anilines is 2. The molecule has 0 amide bonds. The van der Waals surface area contributed by atoms with Crippen molar-refractivity contribution in [3.05, 3.63) is 53.2 Å². The number of hydrogen-bond acceptors (Lipinski definition) is 2. The van der Waals surface area contributed by atoms with Gasteiger partial charge < -0.3 is 10.6 Å². The van der Waals surface area contributed by atoms with E-state index in [-0.39, 0.29) is 0 Å². The Labute approximate surface area is 138 Å². The third kappa shape index (κ3) is 4.53. The first-order valence-corrected chi connectivity index (χ1v) is 8.02. The molecule has 0 radical (unpaired) electrons. The number of nitrogens with zero attached hydrogens (tertiary/aromatic N) is 1. The van der Waals surface area contributed by atoms with Crippen molar-refractivity contribution in [2.24, 2.45) is 0 Å². The van der Waals surface area contributed by atoms with E-state index in [9.17, 15) is 0 Å². The molecule has 0 aliphatic heterocycles. The van der Waals surface area contributed by atoms with Crippen LogP contribution in [0, 0.1) is 13.8 Å². The van der Waals surface area contributed by atoms with Crippen molar-refractivity contribution in [2.75, 3.05) is 10.6 Å². The summed E-state index contributed by atoms with van der Waals surface area (Å²) in [4.78, 5) is 4.43. The van der Waals surface area contributed by atoms with Crippen molar-refractivity contribution in [1.82, 2.24) is 4.98 Å². The molecule has 1 unspecified atom stereocenters. The molecule has 2 aromatic rings. The molecule has 1 aromatic heterocycles. The number of pyridine rings is 1. The minimum atomic E-state index is 0.550. The number of thiocarbonyl (C=S) groups is 1. The fourth-order valence-corrected chi connectivity index (χ4v) is 2.54. The van der Waals surface area contributed by atoms with Gasteiger partial charge in [0.25, 0.3) is 0 Å². The van der Waals surface area contributed by atoms with Crippen LogP contribution in [-0.4, -0.2) is 10.1 Å². The maximum atomic E-state index is 5.35. The van der Waals surface area contributed by atoms with Gasteiger partial charge in [0.2, 0.25) is 0 Å². The third-order valence-electron chi connectivity index (χ3n) is 3.69. The summed E-state index contributed by atoms with van der Waals surface area (Å²) in [6.07, 6.45) is 1.14. The third-order valence-corrected chi connectivity index (χ3v) is 3.89. The monoisotopic (exact) mass is 313 g/mol. The molecule has 22 heavy (non-hydrogen) atoms. The summed E-state index contributed by atoms with van der Waals surface area (Å²) < 4.78 is 0. The molecule has 116 valence electrons. The molecule has 3 nitrogen and oxygen atoms in total. The van der Waals surface area contributed by atoms with Crippen molar-refractivity contribution >= 4 is 28.8 Å². The van der Waals surface area contributed by atoms with E-state index in [1.54, 1.807) is 0 Å². The second kappa shape index (κ2) is 7.36. The van der Waals surface area contributed by atoms with E-state index in [0.29, 0.717) is 11.0 Å². The molecule has 1 atom stereocenters. The molecule has 4 heteroatoms. The van der Waals surface area contributed by atoms with Crippen LogP contribution < -0.4 is 10.6 Å². The SMILES string of the molecule is CCC(C)c1ccc(NC(=S)Nc2cc(C)cc(C)n2)cc1. The number of aryl methyl sites for hydroxylation is 2. The average Bonchev–Trinajstić information content (AvgIpc) is 2.46. The van der Waals surface area contributed by atoms with Gasteiger partial charge in [0.1, 0.15) is 5.82 Å². The van der Waals surface area contributed by atoms with Crippen LogP contribution in [0.5, 0.6) is 0 Å². The predicted molar refractivity (Wildman–Crippen MR) is 98.7 cm³/mol. The zero-order chi connectivity index (χ0) is 16.1. The maximum Gasteiger partial charge on any atom is 0.176 e. The Morgan fingerprint density at radius 2 is 1.82 bits per heavy atom. The first-order chi connectivity index (χ1) is 10.5. The van der Waals surface area contributed by atoms with Gasteiger partial charge in [0.05, 0.1) is 0 Å². The molecule has 0 saturated heterocycles. The number of aromatic nitrogens is 1. The highest BCUT2D eigenvalue weighted by atomic mass is 32.1. The number of nitrogens with one attached hydrogen (secondary N) is 2. The van der Waals surface area contributed by atoms with Crippen molar-refractivity contribution < 1.29 is 0 Å². The Bertz CT molecular complexity index is 630. The molecule has 0 aliphatic carbocycles. The second-order valence-electron chi connectivity index (χ2n) is 5.68. The topological polar surface area (TPSA) is 37.0 Å². The lowest BCUT2D eigenvalue weighted by Crippen LogP contribution is -2.20. The van der Waals surface area contributed by atoms with Crippen LogP contribution in [0.4, 0.5) is 11.5 Å². The molecule has 0 bridgehead atoms. The van der Waals surface area contributed by atoms with E-state index in [0.717, 1.165) is 29.2 Å². The Morgan fingerprint density at radius 3 is 2.41 bits per heavy atom. The summed E-state index contributed by atoms with van der Waals surface area (Å²) in [5.41, 5.74) is 4.47. The lowest BCUT2D eigenvalue weighted by atomic mass is 9.99. The Hall–Kier alpha value is -1.94. The highest BCUT2D eigenvalue weighted by Gasteiger charge is 2.04. The summed E-state index contributed by atoms with van der Waals surface area (Å²) in [6, 6.07) is 12.4. The average molecular weight is 313 g/mol. The summed E-state index contributed by atoms with van der Waals surface area (Å²) >= 11 is 5.35. The van der Waals surface area contributed by atoms with E-state index in [4.69, 9.17) is 12.2 Å². The van der Waals surface area contributed by atoms with Gasteiger partial charge in [-0.25, -0.2) is 4.98 Å². The van der Waals surface area contributed by atoms with Gasteiger partial charge in [-0.15, -0.1) is 0 Å². The number of benzene rings is 1. The lowest BCUT2D eigenvalue weighted by Gasteiger charge is -2.13. The van der Waals surface area contributed by atoms with Crippen molar-refractivity contribution in [1.29, 1.82) is 0 Å². The van der Waals surface area contributed by atoms with Crippen LogP contribution in [0.15, 0.2) is 36.4 Å². The zero-order valence-corrected chi connectivity index (χ0v) is 14.4. The molecule has 0 aliphatic rings. The van der Waals surface area contributed by atoms with Crippen molar-refractivity contribution in [3.63, 3.8) is 0 Å². The molecule has 2 N–H and O–H groups in total. The Kier molecular flexibility index (Phi) is 5.50. The van der Waals surface area contributed by atoms with Gasteiger partial charge in [-0.1, -0.05) is 26.0 Å². The molecule has 0 saturated carbocycles. The highest BCUT2D eigenvalue weighted by Crippen LogP contribution is 2.20. The smallest absolute Gasteiger partial charge is 0.176 e. The molecule has 0 fully saturated rings. The van der Waals surface area contributed by atoms with E-state index in [1.807, 2.05) is 26.0 Å². The number of rotatable bonds is 4. The van der Waals surface area contributed by atoms with Gasteiger partial charge in [-0.3, -0.25) is 0 Å². The minimum Gasteiger partial charge on any atom is -0.332 e. The quantitative estimate of drug-likeness (QED) is 0.777. The first-order valence-electron chi connectivity index (χ1n) is 7.61. The molecule has 1 aromatic carbocycles. The van der Waals surface area contributed by atoms with Gasteiger partial charge >= 0.3 is 0 Å². The fourth-order valence-electron chi connectivity index (χ4n) is 2.31. The second-order valence-corrected chi connectivity index (χ2v) is 6.09.